The molecule has 8 heteroatoms. The molecule has 0 saturated heterocycles. The van der Waals surface area contributed by atoms with Gasteiger partial charge in [0, 0.05) is 5.57 Å². The minimum atomic E-state index is -1.68. The van der Waals surface area contributed by atoms with E-state index in [-0.39, 0.29) is 18.3 Å². The lowest BCUT2D eigenvalue weighted by molar-refractivity contribution is 0.309. The SMILES string of the molecule is C=C(/C=C\C(C#CCOC(=NC(=C(C)CC)C(/C=C\C)=C/C=C/CC)/C(Oc1ccccc1OC)=C(\C)NS(=O)C(/C=C\C(=C/C)C(C)C)=C(/C)CC)=C/C)OC. The van der Waals surface area contributed by atoms with Gasteiger partial charge in [-0.05, 0) is 114 Å². The van der Waals surface area contributed by atoms with E-state index in [2.05, 4.69) is 69.9 Å². The van der Waals surface area contributed by atoms with E-state index in [1.165, 1.54) is 0 Å². The van der Waals surface area contributed by atoms with Crippen molar-refractivity contribution in [2.45, 2.75) is 95.4 Å². The molecule has 1 N–H and O–H groups in total. The zero-order chi connectivity index (χ0) is 42.8. The van der Waals surface area contributed by atoms with Gasteiger partial charge in [-0.15, -0.1) is 0 Å². The van der Waals surface area contributed by atoms with Gasteiger partial charge in [-0.1, -0.05) is 119 Å². The number of para-hydroxylation sites is 2. The van der Waals surface area contributed by atoms with Crippen molar-refractivity contribution in [1.82, 2.24) is 4.72 Å². The molecule has 1 atom stereocenters. The van der Waals surface area contributed by atoms with Crippen LogP contribution in [-0.4, -0.2) is 30.9 Å². The summed E-state index contributed by atoms with van der Waals surface area (Å²) in [4.78, 5) is 5.89. The number of aliphatic imine (C=N–C) groups is 1. The average Bonchev–Trinajstić information content (AvgIpc) is 3.21. The van der Waals surface area contributed by atoms with Gasteiger partial charge in [0.15, 0.2) is 18.1 Å². The predicted octanol–water partition coefficient (Wildman–Crippen LogP) is 12.6. The lowest BCUT2D eigenvalue weighted by Gasteiger charge is -2.19. The predicted molar refractivity (Wildman–Crippen MR) is 244 cm³/mol. The minimum Gasteiger partial charge on any atom is -0.497 e. The van der Waals surface area contributed by atoms with Crippen LogP contribution in [0.5, 0.6) is 11.5 Å². The number of hydrogen-bond donors (Lipinski definition) is 1. The smallest absolute Gasteiger partial charge is 0.261 e. The lowest BCUT2D eigenvalue weighted by Crippen LogP contribution is -2.24. The molecule has 0 aliphatic carbocycles. The molecule has 0 spiro atoms. The molecule has 0 aliphatic rings. The zero-order valence-corrected chi connectivity index (χ0v) is 37.5. The van der Waals surface area contributed by atoms with E-state index in [1.807, 2.05) is 101 Å². The summed E-state index contributed by atoms with van der Waals surface area (Å²) >= 11 is 0. The quantitative estimate of drug-likeness (QED) is 0.0441. The summed E-state index contributed by atoms with van der Waals surface area (Å²) in [5.74, 6) is 8.39. The second-order valence-electron chi connectivity index (χ2n) is 13.0. The average molecular weight is 795 g/mol. The summed E-state index contributed by atoms with van der Waals surface area (Å²) in [5.41, 5.74) is 5.95. The van der Waals surface area contributed by atoms with Crippen LogP contribution in [0.4, 0.5) is 0 Å². The highest BCUT2D eigenvalue weighted by atomic mass is 32.2. The van der Waals surface area contributed by atoms with Crippen LogP contribution in [0.1, 0.15) is 95.4 Å². The number of methoxy groups -OCH3 is 2. The Hall–Kier alpha value is -5.26. The molecule has 57 heavy (non-hydrogen) atoms. The maximum atomic E-state index is 14.3. The van der Waals surface area contributed by atoms with Crippen molar-refractivity contribution in [2.75, 3.05) is 20.8 Å². The first-order valence-electron chi connectivity index (χ1n) is 19.6. The Kier molecular flexibility index (Phi) is 24.6. The summed E-state index contributed by atoms with van der Waals surface area (Å²) in [5, 5.41) is 0. The highest BCUT2D eigenvalue weighted by Gasteiger charge is 2.22. The highest BCUT2D eigenvalue weighted by Crippen LogP contribution is 2.30. The fourth-order valence-electron chi connectivity index (χ4n) is 4.89. The van der Waals surface area contributed by atoms with Gasteiger partial charge in [0.25, 0.3) is 5.90 Å². The van der Waals surface area contributed by atoms with Gasteiger partial charge in [0.2, 0.25) is 5.76 Å². The third kappa shape index (κ3) is 17.6. The number of nitrogens with zero attached hydrogens (tertiary/aromatic N) is 1. The van der Waals surface area contributed by atoms with Gasteiger partial charge in [0.1, 0.15) is 16.7 Å². The van der Waals surface area contributed by atoms with Crippen molar-refractivity contribution in [3.63, 3.8) is 0 Å². The molecule has 1 aromatic carbocycles. The Morgan fingerprint density at radius 2 is 1.61 bits per heavy atom. The van der Waals surface area contributed by atoms with Gasteiger partial charge in [-0.3, -0.25) is 0 Å². The summed E-state index contributed by atoms with van der Waals surface area (Å²) in [6, 6.07) is 7.33. The van der Waals surface area contributed by atoms with E-state index in [0.717, 1.165) is 47.1 Å². The van der Waals surface area contributed by atoms with Crippen LogP contribution in [0.15, 0.2) is 158 Å². The molecule has 1 unspecified atom stereocenters. The monoisotopic (exact) mass is 794 g/mol. The minimum absolute atomic E-state index is 0.0363. The maximum absolute atomic E-state index is 14.3. The first-order chi connectivity index (χ1) is 27.3. The van der Waals surface area contributed by atoms with Gasteiger partial charge in [0.05, 0.1) is 30.5 Å². The van der Waals surface area contributed by atoms with Crippen molar-refractivity contribution < 1.29 is 23.2 Å². The molecule has 0 aliphatic heterocycles. The van der Waals surface area contributed by atoms with E-state index < -0.39 is 11.0 Å². The maximum Gasteiger partial charge on any atom is 0.261 e. The fourth-order valence-corrected chi connectivity index (χ4v) is 6.03. The fraction of sp³-hybridized carbons (Fsp3) is 0.367. The van der Waals surface area contributed by atoms with Crippen LogP contribution in [0.25, 0.3) is 0 Å². The van der Waals surface area contributed by atoms with Gasteiger partial charge in [-0.2, -0.15) is 0 Å². The molecule has 1 rings (SSSR count). The summed E-state index contributed by atoms with van der Waals surface area (Å²) in [6.07, 6.45) is 24.0. The molecule has 1 aromatic rings. The Morgan fingerprint density at radius 1 is 0.930 bits per heavy atom. The molecule has 0 radical (unpaired) electrons. The highest BCUT2D eigenvalue weighted by molar-refractivity contribution is 7.87. The van der Waals surface area contributed by atoms with Crippen LogP contribution < -0.4 is 14.2 Å². The van der Waals surface area contributed by atoms with Crippen molar-refractivity contribution in [1.29, 1.82) is 0 Å². The summed E-state index contributed by atoms with van der Waals surface area (Å²) in [7, 11) is 1.47. The first-order valence-corrected chi connectivity index (χ1v) is 20.7. The molecule has 308 valence electrons. The van der Waals surface area contributed by atoms with E-state index in [9.17, 15) is 4.21 Å². The van der Waals surface area contributed by atoms with Crippen LogP contribution in [0.3, 0.4) is 0 Å². The Bertz CT molecular complexity index is 1930. The second kappa shape index (κ2) is 28.2. The van der Waals surface area contributed by atoms with E-state index >= 15 is 0 Å². The largest absolute Gasteiger partial charge is 0.497 e. The van der Waals surface area contributed by atoms with Crippen LogP contribution in [0, 0.1) is 17.8 Å². The van der Waals surface area contributed by atoms with Crippen LogP contribution >= 0.6 is 0 Å². The lowest BCUT2D eigenvalue weighted by atomic mass is 10.0. The molecule has 0 aromatic heterocycles. The number of nitrogens with one attached hydrogen (secondary N) is 1. The van der Waals surface area contributed by atoms with Gasteiger partial charge < -0.3 is 23.7 Å². The third-order valence-electron chi connectivity index (χ3n) is 8.59. The van der Waals surface area contributed by atoms with Crippen molar-refractivity contribution in [3.8, 4) is 23.3 Å². The van der Waals surface area contributed by atoms with Crippen molar-refractivity contribution in [2.24, 2.45) is 10.9 Å². The number of ether oxygens (including phenoxy) is 4. The number of allylic oxidation sites excluding steroid dienone is 16. The summed E-state index contributed by atoms with van der Waals surface area (Å²) < 4.78 is 41.6. The molecule has 0 fully saturated rings. The topological polar surface area (TPSA) is 78.4 Å². The van der Waals surface area contributed by atoms with Crippen molar-refractivity contribution in [3.05, 3.63) is 153 Å². The molecular weight excluding hydrogens is 729 g/mol. The van der Waals surface area contributed by atoms with Gasteiger partial charge in [-0.25, -0.2) is 9.20 Å². The van der Waals surface area contributed by atoms with Gasteiger partial charge >= 0.3 is 0 Å². The number of benzene rings is 1. The Morgan fingerprint density at radius 3 is 2.18 bits per heavy atom. The number of hydrogen-bond acceptors (Lipinski definition) is 6. The molecule has 0 saturated carbocycles. The molecule has 0 bridgehead atoms. The van der Waals surface area contributed by atoms with Crippen molar-refractivity contribution >= 4 is 16.9 Å². The standard InChI is InChI=1S/C49H66N2O5S/c1-15-21-22-28-43(26-16-2)47(38(10)18-4)50-49(55-35-25-27-41(19-5)32-31-39(11)53-13)48(56-45-30-24-23-29-44(45)54-14)40(12)51-57(52)46(37(9)17-3)34-33-42(20-6)36(7)8/h16,19-24,26,28-34,36,51H,11,15,17-18,35H2,1-10,12-14H3/b22-21+,26-16-,32-31-,34-33-,41-19-,42-20+,43-28+,46-37-,47-38?,48-40-,50-49?. The Labute approximate surface area is 347 Å². The normalized spacial score (nSPS) is 15.1. The number of rotatable bonds is 21. The van der Waals surface area contributed by atoms with E-state index in [0.29, 0.717) is 39.5 Å². The molecule has 7 nitrogen and oxygen atoms in total. The third-order valence-corrected chi connectivity index (χ3v) is 9.97. The Balaban J connectivity index is 4.28. The van der Waals surface area contributed by atoms with E-state index in [4.69, 9.17) is 23.9 Å². The molecular formula is C49H66N2O5S. The first kappa shape index (κ1) is 49.8. The second-order valence-corrected chi connectivity index (χ2v) is 14.2. The van der Waals surface area contributed by atoms with E-state index in [1.54, 1.807) is 33.3 Å². The molecule has 0 amide bonds. The zero-order valence-electron chi connectivity index (χ0n) is 36.7. The van der Waals surface area contributed by atoms with Crippen LogP contribution in [0.2, 0.25) is 0 Å². The van der Waals surface area contributed by atoms with Crippen LogP contribution in [-0.2, 0) is 20.5 Å². The summed E-state index contributed by atoms with van der Waals surface area (Å²) in [6.45, 7) is 26.1. The molecule has 0 heterocycles.